The van der Waals surface area contributed by atoms with E-state index in [4.69, 9.17) is 18.6 Å². The van der Waals surface area contributed by atoms with E-state index in [0.29, 0.717) is 0 Å². The number of hydrogen-bond acceptors (Lipinski definition) is 4. The fourth-order valence-corrected chi connectivity index (χ4v) is 3.19. The van der Waals surface area contributed by atoms with Gasteiger partial charge >= 0.3 is 0 Å². The highest BCUT2D eigenvalue weighted by atomic mass is 35.7. The lowest BCUT2D eigenvalue weighted by Gasteiger charge is -2.17. The van der Waals surface area contributed by atoms with E-state index in [-0.39, 0.29) is 0 Å². The molecule has 4 rings (SSSR count). The Morgan fingerprint density at radius 1 is 0.760 bits per heavy atom. The van der Waals surface area contributed by atoms with Crippen molar-refractivity contribution in [3.8, 4) is 0 Å². The fourth-order valence-electron chi connectivity index (χ4n) is 3.19. The molecule has 0 amide bonds. The van der Waals surface area contributed by atoms with Gasteiger partial charge in [-0.1, -0.05) is 30.3 Å². The van der Waals surface area contributed by atoms with Crippen molar-refractivity contribution in [1.29, 1.82) is 0 Å². The maximum absolute atomic E-state index is 8.49. The van der Waals surface area contributed by atoms with Gasteiger partial charge in [-0.25, -0.2) is 18.6 Å². The van der Waals surface area contributed by atoms with Crippen LogP contribution in [0.3, 0.4) is 0 Å². The molecule has 0 N–H and O–H groups in total. The predicted molar refractivity (Wildman–Crippen MR) is 84.1 cm³/mol. The Morgan fingerprint density at radius 3 is 2.04 bits per heavy atom. The van der Waals surface area contributed by atoms with E-state index in [2.05, 4.69) is 79.2 Å². The van der Waals surface area contributed by atoms with Gasteiger partial charge in [0.15, 0.2) is 12.4 Å². The van der Waals surface area contributed by atoms with Gasteiger partial charge in [-0.15, -0.1) is 10.2 Å². The van der Waals surface area contributed by atoms with Gasteiger partial charge in [-0.05, 0) is 41.6 Å². The molecule has 0 spiro atoms. The highest BCUT2D eigenvalue weighted by Crippen LogP contribution is 2.30. The molecule has 25 heavy (non-hydrogen) atoms. The van der Waals surface area contributed by atoms with Crippen molar-refractivity contribution in [3.63, 3.8) is 0 Å². The van der Waals surface area contributed by atoms with Crippen LogP contribution in [0.1, 0.15) is 11.1 Å². The second-order valence-corrected chi connectivity index (χ2v) is 6.58. The van der Waals surface area contributed by atoms with E-state index in [1.54, 1.807) is 0 Å². The van der Waals surface area contributed by atoms with Gasteiger partial charge in [-0.3, -0.25) is 0 Å². The number of hydrogen-bond donors (Lipinski definition) is 0. The third-order valence-corrected chi connectivity index (χ3v) is 4.24. The van der Waals surface area contributed by atoms with Crippen molar-refractivity contribution in [3.05, 3.63) is 72.1 Å². The molecule has 0 radical (unpaired) electrons. The Hall–Kier alpha value is -2.28. The van der Waals surface area contributed by atoms with Gasteiger partial charge in [0, 0.05) is 17.7 Å². The monoisotopic (exact) mass is 357 g/mol. The number of benzene rings is 2. The number of rotatable bonds is 0. The minimum atomic E-state index is -4.94. The van der Waals surface area contributed by atoms with Crippen LogP contribution in [0, 0.1) is 24.1 Å². The lowest BCUT2D eigenvalue weighted by Crippen LogP contribution is -2.68. The van der Waals surface area contributed by atoms with Crippen LogP contribution in [0.4, 0.5) is 0 Å². The van der Waals surface area contributed by atoms with Crippen LogP contribution >= 0.6 is 0 Å². The zero-order valence-corrected chi connectivity index (χ0v) is 14.5. The Labute approximate surface area is 146 Å². The second kappa shape index (κ2) is 6.55. The molecule has 0 atom stereocenters. The average Bonchev–Trinajstić information content (AvgIpc) is 2.55. The van der Waals surface area contributed by atoms with Gasteiger partial charge < -0.3 is 0 Å². The van der Waals surface area contributed by atoms with Gasteiger partial charge in [-0.2, -0.15) is 4.40 Å². The molecule has 2 heterocycles. The molecule has 0 saturated carbocycles. The molecule has 0 aliphatic carbocycles. The molecule has 5 nitrogen and oxygen atoms in total. The molecule has 0 aliphatic heterocycles. The Bertz CT molecular complexity index is 1060. The molecule has 2 aromatic carbocycles. The van der Waals surface area contributed by atoms with Gasteiger partial charge in [0.2, 0.25) is 5.52 Å². The first kappa shape index (κ1) is 17.5. The summed E-state index contributed by atoms with van der Waals surface area (Å²) >= 11 is 0. The lowest BCUT2D eigenvalue weighted by molar-refractivity contribution is -2.00. The molecular weight excluding hydrogens is 342 g/mol. The first-order valence-corrected chi connectivity index (χ1v) is 8.82. The van der Waals surface area contributed by atoms with Crippen LogP contribution in [0.2, 0.25) is 0 Å². The molecule has 0 saturated heterocycles. The highest BCUT2D eigenvalue weighted by molar-refractivity contribution is 6.10. The third kappa shape index (κ3) is 3.71. The van der Waals surface area contributed by atoms with Crippen molar-refractivity contribution < 1.29 is 33.3 Å². The van der Waals surface area contributed by atoms with Crippen LogP contribution in [-0.2, 0) is 0 Å². The lowest BCUT2D eigenvalue weighted by atomic mass is 9.96. The number of fused-ring (bicyclic) bond motifs is 4. The first-order chi connectivity index (χ1) is 11.8. The molecule has 6 heteroatoms. The minimum Gasteiger partial charge on any atom is -0.222 e. The third-order valence-electron chi connectivity index (χ3n) is 4.24. The van der Waals surface area contributed by atoms with Crippen molar-refractivity contribution >= 4 is 27.1 Å². The Kier molecular flexibility index (Phi) is 4.60. The Morgan fingerprint density at radius 2 is 1.36 bits per heavy atom. The normalized spacial score (nSPS) is 11.6. The molecule has 0 bridgehead atoms. The van der Waals surface area contributed by atoms with Crippen molar-refractivity contribution in [2.24, 2.45) is 0 Å². The van der Waals surface area contributed by atoms with Crippen molar-refractivity contribution in [2.45, 2.75) is 13.8 Å². The number of aromatic nitrogens is 1. The quantitative estimate of drug-likeness (QED) is 0.243. The summed E-state index contributed by atoms with van der Waals surface area (Å²) < 4.78 is 36.2. The maximum atomic E-state index is 8.49. The van der Waals surface area contributed by atoms with E-state index in [9.17, 15) is 0 Å². The zero-order chi connectivity index (χ0) is 18.2. The SMILES string of the molecule is Cc1cc2c(C)c3cccc[n+]3cc2c2ccccc12.[O-][Cl+3]([O-])([O-])[O-]. The maximum Gasteiger partial charge on any atom is 0.214 e. The molecule has 4 aromatic rings. The summed E-state index contributed by atoms with van der Waals surface area (Å²) in [6.07, 6.45) is 4.37. The van der Waals surface area contributed by atoms with Crippen molar-refractivity contribution in [2.75, 3.05) is 0 Å². The van der Waals surface area contributed by atoms with E-state index >= 15 is 0 Å². The molecule has 0 aliphatic rings. The summed E-state index contributed by atoms with van der Waals surface area (Å²) in [6, 6.07) is 17.3. The van der Waals surface area contributed by atoms with Gasteiger partial charge in [0.1, 0.15) is 0 Å². The molecule has 0 fully saturated rings. The number of nitrogens with zero attached hydrogens (tertiary/aromatic N) is 1. The largest absolute Gasteiger partial charge is 0.222 e. The van der Waals surface area contributed by atoms with Crippen LogP contribution < -0.4 is 23.0 Å². The first-order valence-electron chi connectivity index (χ1n) is 7.59. The standard InChI is InChI=1S/C19H16N.ClHO4/c1-13-11-17-14(2)19-9-5-6-10-20(19)12-18(17)16-8-4-3-7-15(13)16;2-1(3,4)5/h3-12H,1-2H3;(H,2,3,4,5)/q+1;/p-1. The summed E-state index contributed by atoms with van der Waals surface area (Å²) in [7, 11) is -4.94. The zero-order valence-electron chi connectivity index (χ0n) is 13.7. The topological polar surface area (TPSA) is 96.3 Å². The summed E-state index contributed by atoms with van der Waals surface area (Å²) in [5.41, 5.74) is 3.96. The smallest absolute Gasteiger partial charge is 0.214 e. The van der Waals surface area contributed by atoms with Crippen molar-refractivity contribution in [1.82, 2.24) is 0 Å². The van der Waals surface area contributed by atoms with E-state index in [0.717, 1.165) is 0 Å². The Balaban J connectivity index is 0.000000324. The van der Waals surface area contributed by atoms with E-state index < -0.39 is 10.2 Å². The predicted octanol–water partition coefficient (Wildman–Crippen LogP) is -0.407. The van der Waals surface area contributed by atoms with E-state index in [1.165, 1.54) is 38.2 Å². The molecule has 0 unspecified atom stereocenters. The van der Waals surface area contributed by atoms with Gasteiger partial charge in [0.25, 0.3) is 0 Å². The van der Waals surface area contributed by atoms with E-state index in [1.807, 2.05) is 0 Å². The summed E-state index contributed by atoms with van der Waals surface area (Å²) in [5.74, 6) is 0. The van der Waals surface area contributed by atoms with Crippen LogP contribution in [-0.4, -0.2) is 0 Å². The number of halogens is 1. The molecule has 2 aromatic heterocycles. The number of pyridine rings is 2. The summed E-state index contributed by atoms with van der Waals surface area (Å²) in [5, 5.41) is 5.36. The van der Waals surface area contributed by atoms with Crippen LogP contribution in [0.25, 0.3) is 27.1 Å². The minimum absolute atomic E-state index is 1.27. The summed E-state index contributed by atoms with van der Waals surface area (Å²) in [4.78, 5) is 0. The highest BCUT2D eigenvalue weighted by Gasteiger charge is 2.13. The molecular formula is C19H16ClNO4. The average molecular weight is 358 g/mol. The van der Waals surface area contributed by atoms with Crippen LogP contribution in [0.15, 0.2) is 60.9 Å². The second-order valence-electron chi connectivity index (χ2n) is 5.83. The van der Waals surface area contributed by atoms with Crippen LogP contribution in [0.5, 0.6) is 0 Å². The fraction of sp³-hybridized carbons (Fsp3) is 0.105. The number of aryl methyl sites for hydroxylation is 2. The molecule has 128 valence electrons. The summed E-state index contributed by atoms with van der Waals surface area (Å²) in [6.45, 7) is 4.41. The van der Waals surface area contributed by atoms with Gasteiger partial charge in [0.05, 0.1) is 5.39 Å².